The Morgan fingerprint density at radius 3 is 2.45 bits per heavy atom. The minimum Gasteiger partial charge on any atom is -0.427 e. The minimum absolute atomic E-state index is 0.0772. The van der Waals surface area contributed by atoms with E-state index >= 15 is 0 Å². The van der Waals surface area contributed by atoms with Gasteiger partial charge in [0.2, 0.25) is 5.91 Å². The second-order valence-corrected chi connectivity index (χ2v) is 5.96. The first kappa shape index (κ1) is 16.5. The number of ether oxygens (including phenoxy) is 1. The second-order valence-electron chi connectivity index (χ2n) is 5.96. The topological polar surface area (TPSA) is 55.4 Å². The Bertz CT molecular complexity index is 490. The summed E-state index contributed by atoms with van der Waals surface area (Å²) in [7, 11) is 0. The van der Waals surface area contributed by atoms with E-state index in [0.717, 1.165) is 0 Å². The first-order chi connectivity index (χ1) is 10.6. The first-order valence-corrected chi connectivity index (χ1v) is 8.20. The van der Waals surface area contributed by atoms with Crippen molar-refractivity contribution in [3.05, 3.63) is 29.8 Å². The fourth-order valence-corrected chi connectivity index (χ4v) is 2.92. The SMILES string of the molecule is CC(=O)NCCCC(=O)Oc1ccc(C2CCCCC2)cc1. The summed E-state index contributed by atoms with van der Waals surface area (Å²) in [5.41, 5.74) is 1.35. The van der Waals surface area contributed by atoms with Crippen LogP contribution in [0.25, 0.3) is 0 Å². The van der Waals surface area contributed by atoms with Crippen molar-refractivity contribution < 1.29 is 14.3 Å². The lowest BCUT2D eigenvalue weighted by molar-refractivity contribution is -0.134. The Hall–Kier alpha value is -1.84. The van der Waals surface area contributed by atoms with Crippen LogP contribution >= 0.6 is 0 Å². The fourth-order valence-electron chi connectivity index (χ4n) is 2.92. The molecule has 120 valence electrons. The molecule has 2 rings (SSSR count). The molecule has 1 N–H and O–H groups in total. The van der Waals surface area contributed by atoms with Crippen LogP contribution in [0.4, 0.5) is 0 Å². The highest BCUT2D eigenvalue weighted by Crippen LogP contribution is 2.33. The van der Waals surface area contributed by atoms with Crippen molar-refractivity contribution in [1.29, 1.82) is 0 Å². The lowest BCUT2D eigenvalue weighted by atomic mass is 9.84. The summed E-state index contributed by atoms with van der Waals surface area (Å²) >= 11 is 0. The van der Waals surface area contributed by atoms with Crippen LogP contribution in [0.5, 0.6) is 5.75 Å². The number of esters is 1. The zero-order valence-corrected chi connectivity index (χ0v) is 13.3. The Morgan fingerprint density at radius 2 is 1.82 bits per heavy atom. The van der Waals surface area contributed by atoms with E-state index < -0.39 is 0 Å². The molecule has 0 atom stereocenters. The molecule has 1 fully saturated rings. The van der Waals surface area contributed by atoms with E-state index in [4.69, 9.17) is 4.74 Å². The number of nitrogens with one attached hydrogen (secondary N) is 1. The molecule has 0 bridgehead atoms. The number of amides is 1. The van der Waals surface area contributed by atoms with Crippen molar-refractivity contribution in [2.24, 2.45) is 0 Å². The predicted molar refractivity (Wildman–Crippen MR) is 85.8 cm³/mol. The van der Waals surface area contributed by atoms with E-state index in [9.17, 15) is 9.59 Å². The van der Waals surface area contributed by atoms with Crippen LogP contribution < -0.4 is 10.1 Å². The smallest absolute Gasteiger partial charge is 0.311 e. The van der Waals surface area contributed by atoms with Gasteiger partial charge < -0.3 is 10.1 Å². The van der Waals surface area contributed by atoms with E-state index in [1.165, 1.54) is 44.6 Å². The van der Waals surface area contributed by atoms with E-state index in [-0.39, 0.29) is 11.9 Å². The molecule has 1 saturated carbocycles. The molecular weight excluding hydrogens is 278 g/mol. The summed E-state index contributed by atoms with van der Waals surface area (Å²) in [6, 6.07) is 7.93. The molecule has 0 unspecified atom stereocenters. The molecular formula is C18H25NO3. The number of hydrogen-bond acceptors (Lipinski definition) is 3. The number of rotatable bonds is 6. The van der Waals surface area contributed by atoms with Crippen molar-refractivity contribution in [2.75, 3.05) is 6.54 Å². The highest BCUT2D eigenvalue weighted by molar-refractivity contribution is 5.73. The molecule has 1 aromatic carbocycles. The zero-order valence-electron chi connectivity index (χ0n) is 13.3. The van der Waals surface area contributed by atoms with Crippen molar-refractivity contribution >= 4 is 11.9 Å². The van der Waals surface area contributed by atoms with Gasteiger partial charge >= 0.3 is 5.97 Å². The maximum atomic E-state index is 11.7. The molecule has 0 radical (unpaired) electrons. The maximum absolute atomic E-state index is 11.7. The Kier molecular flexibility index (Phi) is 6.44. The molecule has 1 amide bonds. The van der Waals surface area contributed by atoms with E-state index in [1.807, 2.05) is 12.1 Å². The van der Waals surface area contributed by atoms with Crippen LogP contribution in [-0.4, -0.2) is 18.4 Å². The highest BCUT2D eigenvalue weighted by Gasteiger charge is 2.15. The van der Waals surface area contributed by atoms with Crippen molar-refractivity contribution in [3.8, 4) is 5.75 Å². The normalized spacial score (nSPS) is 15.3. The van der Waals surface area contributed by atoms with Gasteiger partial charge in [-0.25, -0.2) is 0 Å². The third-order valence-electron chi connectivity index (χ3n) is 4.12. The van der Waals surface area contributed by atoms with Crippen molar-refractivity contribution in [3.63, 3.8) is 0 Å². The van der Waals surface area contributed by atoms with Crippen molar-refractivity contribution in [1.82, 2.24) is 5.32 Å². The number of carbonyl (C=O) groups is 2. The molecule has 0 aromatic heterocycles. The molecule has 4 nitrogen and oxygen atoms in total. The van der Waals surface area contributed by atoms with Gasteiger partial charge in [-0.05, 0) is 42.9 Å². The van der Waals surface area contributed by atoms with E-state index in [0.29, 0.717) is 31.1 Å². The summed E-state index contributed by atoms with van der Waals surface area (Å²) < 4.78 is 5.31. The summed E-state index contributed by atoms with van der Waals surface area (Å²) in [6.45, 7) is 1.97. The Balaban J connectivity index is 1.75. The van der Waals surface area contributed by atoms with Crippen LogP contribution in [0.2, 0.25) is 0 Å². The molecule has 0 saturated heterocycles. The minimum atomic E-state index is -0.254. The monoisotopic (exact) mass is 303 g/mol. The number of benzene rings is 1. The Labute approximate surface area is 132 Å². The lowest BCUT2D eigenvalue weighted by Gasteiger charge is -2.22. The first-order valence-electron chi connectivity index (χ1n) is 8.20. The maximum Gasteiger partial charge on any atom is 0.311 e. The molecule has 22 heavy (non-hydrogen) atoms. The third-order valence-corrected chi connectivity index (χ3v) is 4.12. The van der Waals surface area contributed by atoms with Gasteiger partial charge in [0.25, 0.3) is 0 Å². The average molecular weight is 303 g/mol. The molecule has 1 aliphatic rings. The van der Waals surface area contributed by atoms with Crippen LogP contribution in [0.1, 0.15) is 63.4 Å². The predicted octanol–water partition coefficient (Wildman–Crippen LogP) is 3.56. The van der Waals surface area contributed by atoms with Crippen LogP contribution in [0.3, 0.4) is 0 Å². The largest absolute Gasteiger partial charge is 0.427 e. The molecule has 1 aromatic rings. The second kappa shape index (κ2) is 8.57. The van der Waals surface area contributed by atoms with Gasteiger partial charge in [-0.3, -0.25) is 9.59 Å². The quantitative estimate of drug-likeness (QED) is 0.496. The van der Waals surface area contributed by atoms with Gasteiger partial charge in [-0.2, -0.15) is 0 Å². The third kappa shape index (κ3) is 5.51. The van der Waals surface area contributed by atoms with Gasteiger partial charge in [0, 0.05) is 19.9 Å². The van der Waals surface area contributed by atoms with Crippen LogP contribution in [0, 0.1) is 0 Å². The molecule has 1 aliphatic carbocycles. The van der Waals surface area contributed by atoms with E-state index in [2.05, 4.69) is 17.4 Å². The summed E-state index contributed by atoms with van der Waals surface area (Å²) in [6.07, 6.45) is 7.42. The Morgan fingerprint density at radius 1 is 1.14 bits per heavy atom. The fraction of sp³-hybridized carbons (Fsp3) is 0.556. The molecule has 4 heteroatoms. The van der Waals surface area contributed by atoms with Gasteiger partial charge in [-0.15, -0.1) is 0 Å². The van der Waals surface area contributed by atoms with Gasteiger partial charge in [0.15, 0.2) is 0 Å². The number of carbonyl (C=O) groups excluding carboxylic acids is 2. The molecule has 0 aliphatic heterocycles. The standard InChI is InChI=1S/C18H25NO3/c1-14(20)19-13-5-8-18(21)22-17-11-9-16(10-12-17)15-6-3-2-4-7-15/h9-12,15H,2-8,13H2,1H3,(H,19,20). The summed E-state index contributed by atoms with van der Waals surface area (Å²) in [4.78, 5) is 22.4. The van der Waals surface area contributed by atoms with Crippen molar-refractivity contribution in [2.45, 2.75) is 57.8 Å². The summed E-state index contributed by atoms with van der Waals surface area (Å²) in [5.74, 6) is 0.933. The summed E-state index contributed by atoms with van der Waals surface area (Å²) in [5, 5.41) is 2.66. The van der Waals surface area contributed by atoms with Crippen LogP contribution in [-0.2, 0) is 9.59 Å². The van der Waals surface area contributed by atoms with Gasteiger partial charge in [-0.1, -0.05) is 31.4 Å². The van der Waals surface area contributed by atoms with Crippen LogP contribution in [0.15, 0.2) is 24.3 Å². The highest BCUT2D eigenvalue weighted by atomic mass is 16.5. The number of hydrogen-bond donors (Lipinski definition) is 1. The average Bonchev–Trinajstić information content (AvgIpc) is 2.53. The molecule has 0 heterocycles. The zero-order chi connectivity index (χ0) is 15.8. The van der Waals surface area contributed by atoms with E-state index in [1.54, 1.807) is 0 Å². The lowest BCUT2D eigenvalue weighted by Crippen LogP contribution is -2.22. The van der Waals surface area contributed by atoms with Gasteiger partial charge in [0.1, 0.15) is 5.75 Å². The van der Waals surface area contributed by atoms with Gasteiger partial charge in [0.05, 0.1) is 0 Å². The molecule has 0 spiro atoms.